The van der Waals surface area contributed by atoms with E-state index >= 15 is 0 Å². The molecule has 0 saturated heterocycles. The lowest BCUT2D eigenvalue weighted by molar-refractivity contribution is -0.116. The van der Waals surface area contributed by atoms with Crippen LogP contribution >= 0.6 is 0 Å². The van der Waals surface area contributed by atoms with Gasteiger partial charge in [-0.1, -0.05) is 18.2 Å². The summed E-state index contributed by atoms with van der Waals surface area (Å²) in [6, 6.07) is 11.0. The first-order valence-electron chi connectivity index (χ1n) is 11.6. The Labute approximate surface area is 213 Å². The number of halogens is 3. The lowest BCUT2D eigenvalue weighted by Gasteiger charge is -2.29. The normalized spacial score (nSPS) is 14.3. The Morgan fingerprint density at radius 1 is 1.11 bits per heavy atom. The minimum absolute atomic E-state index is 0.208. The van der Waals surface area contributed by atoms with Crippen molar-refractivity contribution in [2.75, 3.05) is 26.7 Å². The molecule has 200 valence electrons. The molecule has 2 amide bonds. The van der Waals surface area contributed by atoms with Gasteiger partial charge in [0.2, 0.25) is 5.91 Å². The zero-order valence-corrected chi connectivity index (χ0v) is 21.0. The van der Waals surface area contributed by atoms with E-state index in [9.17, 15) is 31.2 Å². The number of hydrogen-bond donors (Lipinski definition) is 2. The molecule has 2 N–H and O–H groups in total. The molecule has 1 aliphatic rings. The molecule has 2 aromatic carbocycles. The minimum Gasteiger partial charge on any atom is -0.376 e. The van der Waals surface area contributed by atoms with Crippen LogP contribution < -0.4 is 14.8 Å². The Balaban J connectivity index is 1.41. The Hall–Kier alpha value is -3.38. The molecule has 0 fully saturated rings. The zero-order valence-electron chi connectivity index (χ0n) is 20.2. The van der Waals surface area contributed by atoms with Gasteiger partial charge < -0.3 is 14.8 Å². The van der Waals surface area contributed by atoms with E-state index in [1.165, 1.54) is 18.2 Å². The van der Waals surface area contributed by atoms with E-state index in [2.05, 4.69) is 19.7 Å². The summed E-state index contributed by atoms with van der Waals surface area (Å²) < 4.78 is 64.5. The van der Waals surface area contributed by atoms with E-state index in [1.807, 2.05) is 0 Å². The maximum atomic E-state index is 12.6. The molecule has 0 unspecified atom stereocenters. The van der Waals surface area contributed by atoms with Gasteiger partial charge in [0.25, 0.3) is 5.91 Å². The summed E-state index contributed by atoms with van der Waals surface area (Å²) in [5, 5.41) is 5.35. The summed E-state index contributed by atoms with van der Waals surface area (Å²) in [7, 11) is -4.17. The van der Waals surface area contributed by atoms with Crippen LogP contribution in [0.5, 0.6) is 5.75 Å². The molecule has 0 aromatic heterocycles. The highest BCUT2D eigenvalue weighted by atomic mass is 32.2. The van der Waals surface area contributed by atoms with Gasteiger partial charge in [-0.3, -0.25) is 14.5 Å². The van der Waals surface area contributed by atoms with Crippen molar-refractivity contribution in [3.05, 3.63) is 70.8 Å². The van der Waals surface area contributed by atoms with Gasteiger partial charge in [0, 0.05) is 38.3 Å². The maximum Gasteiger partial charge on any atom is 0.534 e. The highest BCUT2D eigenvalue weighted by Crippen LogP contribution is 2.29. The van der Waals surface area contributed by atoms with Gasteiger partial charge in [-0.25, -0.2) is 0 Å². The molecule has 1 heterocycles. The quantitative estimate of drug-likeness (QED) is 0.208. The van der Waals surface area contributed by atoms with Crippen LogP contribution in [0.25, 0.3) is 6.08 Å². The van der Waals surface area contributed by atoms with Crippen molar-refractivity contribution in [3.8, 4) is 5.75 Å². The van der Waals surface area contributed by atoms with Gasteiger partial charge >= 0.3 is 15.6 Å². The SMILES string of the molecule is CNC(=O)c1cccc(C=CC(=O)NCCCCN2CCc3ccc(OS(=O)(=O)C(F)(F)F)cc3C2)c1. The number of hydrogen-bond acceptors (Lipinski definition) is 6. The van der Waals surface area contributed by atoms with E-state index in [4.69, 9.17) is 0 Å². The molecular weight excluding hydrogens is 511 g/mol. The number of carbonyl (C=O) groups is 2. The standard InChI is InChI=1S/C25H28F3N3O5S/c1-29-24(33)20-6-4-5-18(15-20)7-10-23(32)30-12-2-3-13-31-14-11-19-8-9-22(16-21(19)17-31)36-37(34,35)25(26,27)28/h4-10,15-16H,2-3,11-14,17H2,1H3,(H,29,33)(H,30,32). The van der Waals surface area contributed by atoms with Gasteiger partial charge in [-0.2, -0.15) is 21.6 Å². The van der Waals surface area contributed by atoms with Crippen molar-refractivity contribution in [2.45, 2.75) is 31.3 Å². The molecule has 0 saturated carbocycles. The smallest absolute Gasteiger partial charge is 0.376 e. The molecule has 1 aliphatic heterocycles. The van der Waals surface area contributed by atoms with Crippen molar-refractivity contribution < 1.29 is 35.4 Å². The second kappa shape index (κ2) is 12.2. The average molecular weight is 540 g/mol. The maximum absolute atomic E-state index is 12.6. The lowest BCUT2D eigenvalue weighted by atomic mass is 9.99. The van der Waals surface area contributed by atoms with Crippen LogP contribution in [-0.2, 0) is 27.9 Å². The van der Waals surface area contributed by atoms with Crippen LogP contribution in [0.15, 0.2) is 48.5 Å². The van der Waals surface area contributed by atoms with Crippen molar-refractivity contribution in [1.29, 1.82) is 0 Å². The van der Waals surface area contributed by atoms with Crippen molar-refractivity contribution in [2.24, 2.45) is 0 Å². The van der Waals surface area contributed by atoms with Gasteiger partial charge in [0.1, 0.15) is 5.75 Å². The molecule has 3 rings (SSSR count). The number of nitrogens with zero attached hydrogens (tertiary/aromatic N) is 1. The predicted molar refractivity (Wildman–Crippen MR) is 132 cm³/mol. The third kappa shape index (κ3) is 8.05. The molecule has 0 radical (unpaired) electrons. The fourth-order valence-electron chi connectivity index (χ4n) is 3.84. The summed E-state index contributed by atoms with van der Waals surface area (Å²) in [6.07, 6.45) is 5.23. The summed E-state index contributed by atoms with van der Waals surface area (Å²) in [5.74, 6) is -0.826. The first-order valence-corrected chi connectivity index (χ1v) is 13.0. The molecule has 0 spiro atoms. The van der Waals surface area contributed by atoms with E-state index in [-0.39, 0.29) is 17.6 Å². The lowest BCUT2D eigenvalue weighted by Crippen LogP contribution is -2.32. The van der Waals surface area contributed by atoms with Gasteiger partial charge in [0.15, 0.2) is 0 Å². The Morgan fingerprint density at radius 3 is 2.62 bits per heavy atom. The first-order chi connectivity index (χ1) is 17.5. The Bertz CT molecular complexity index is 1260. The van der Waals surface area contributed by atoms with E-state index in [0.717, 1.165) is 36.1 Å². The van der Waals surface area contributed by atoms with Crippen LogP contribution in [0.3, 0.4) is 0 Å². The predicted octanol–water partition coefficient (Wildman–Crippen LogP) is 3.24. The number of unbranched alkanes of at least 4 members (excludes halogenated alkanes) is 1. The fraction of sp³-hybridized carbons (Fsp3) is 0.360. The second-order valence-electron chi connectivity index (χ2n) is 8.48. The highest BCUT2D eigenvalue weighted by Gasteiger charge is 2.48. The fourth-order valence-corrected chi connectivity index (χ4v) is 4.29. The van der Waals surface area contributed by atoms with Crippen molar-refractivity contribution in [3.63, 3.8) is 0 Å². The average Bonchev–Trinajstić information content (AvgIpc) is 2.85. The number of amides is 2. The molecule has 8 nitrogen and oxygen atoms in total. The third-order valence-electron chi connectivity index (χ3n) is 5.76. The van der Waals surface area contributed by atoms with Gasteiger partial charge in [-0.05, 0) is 72.8 Å². The van der Waals surface area contributed by atoms with Crippen LogP contribution in [0.2, 0.25) is 0 Å². The van der Waals surface area contributed by atoms with Crippen LogP contribution in [0, 0.1) is 0 Å². The molecule has 0 atom stereocenters. The molecular formula is C25H28F3N3O5S. The van der Waals surface area contributed by atoms with Crippen molar-refractivity contribution in [1.82, 2.24) is 15.5 Å². The number of carbonyl (C=O) groups excluding carboxylic acids is 2. The first kappa shape index (κ1) is 28.2. The monoisotopic (exact) mass is 539 g/mol. The molecule has 0 bridgehead atoms. The van der Waals surface area contributed by atoms with Crippen molar-refractivity contribution >= 4 is 28.0 Å². The van der Waals surface area contributed by atoms with E-state index < -0.39 is 15.6 Å². The number of benzene rings is 2. The number of fused-ring (bicyclic) bond motifs is 1. The molecule has 12 heteroatoms. The largest absolute Gasteiger partial charge is 0.534 e. The topological polar surface area (TPSA) is 105 Å². The number of rotatable bonds is 10. The number of nitrogens with one attached hydrogen (secondary N) is 2. The van der Waals surface area contributed by atoms with Crippen LogP contribution in [0.1, 0.15) is 39.9 Å². The number of alkyl halides is 3. The highest BCUT2D eigenvalue weighted by molar-refractivity contribution is 7.88. The zero-order chi connectivity index (χ0) is 27.1. The van der Waals surface area contributed by atoms with Gasteiger partial charge in [-0.15, -0.1) is 0 Å². The Morgan fingerprint density at radius 2 is 1.89 bits per heavy atom. The molecule has 37 heavy (non-hydrogen) atoms. The summed E-state index contributed by atoms with van der Waals surface area (Å²) in [6.45, 7) is 2.41. The second-order valence-corrected chi connectivity index (χ2v) is 10.0. The molecule has 0 aliphatic carbocycles. The van der Waals surface area contributed by atoms with Crippen LogP contribution in [0.4, 0.5) is 13.2 Å². The van der Waals surface area contributed by atoms with E-state index in [1.54, 1.807) is 43.5 Å². The summed E-state index contributed by atoms with van der Waals surface area (Å²) in [5.41, 5.74) is -2.60. The summed E-state index contributed by atoms with van der Waals surface area (Å²) >= 11 is 0. The third-order valence-corrected chi connectivity index (χ3v) is 6.74. The van der Waals surface area contributed by atoms with E-state index in [0.29, 0.717) is 31.6 Å². The summed E-state index contributed by atoms with van der Waals surface area (Å²) in [4.78, 5) is 25.9. The van der Waals surface area contributed by atoms with Gasteiger partial charge in [0.05, 0.1) is 0 Å². The molecule has 2 aromatic rings. The minimum atomic E-state index is -5.71. The van der Waals surface area contributed by atoms with Crippen LogP contribution in [-0.4, -0.2) is 57.3 Å². The Kier molecular flexibility index (Phi) is 9.33.